The summed E-state index contributed by atoms with van der Waals surface area (Å²) in [6.45, 7) is 0.185. The SMILES string of the molecule is COc1ccc(N=NNC(=O)OCc2ccccc2)cc1.NC(=O)O. The van der Waals surface area contributed by atoms with Gasteiger partial charge in [0.1, 0.15) is 12.4 Å². The van der Waals surface area contributed by atoms with Gasteiger partial charge < -0.3 is 20.3 Å². The lowest BCUT2D eigenvalue weighted by molar-refractivity contribution is 0.139. The van der Waals surface area contributed by atoms with Crippen molar-refractivity contribution in [2.75, 3.05) is 7.11 Å². The minimum Gasteiger partial charge on any atom is -0.497 e. The maximum Gasteiger partial charge on any atom is 0.429 e. The van der Waals surface area contributed by atoms with Crippen molar-refractivity contribution >= 4 is 17.9 Å². The summed E-state index contributed by atoms with van der Waals surface area (Å²) in [5.41, 5.74) is 7.72. The highest BCUT2D eigenvalue weighted by molar-refractivity contribution is 5.66. The number of primary amides is 1. The maximum atomic E-state index is 11.4. The molecule has 0 unspecified atom stereocenters. The van der Waals surface area contributed by atoms with Crippen molar-refractivity contribution < 1.29 is 24.2 Å². The molecule has 9 nitrogen and oxygen atoms in total. The molecule has 0 spiro atoms. The summed E-state index contributed by atoms with van der Waals surface area (Å²) in [6.07, 6.45) is -1.99. The van der Waals surface area contributed by atoms with Gasteiger partial charge in [0.05, 0.1) is 12.8 Å². The number of benzene rings is 2. The smallest absolute Gasteiger partial charge is 0.429 e. The fraction of sp³-hybridized carbons (Fsp3) is 0.125. The van der Waals surface area contributed by atoms with Crippen LogP contribution in [-0.4, -0.2) is 24.4 Å². The fourth-order valence-corrected chi connectivity index (χ4v) is 1.53. The van der Waals surface area contributed by atoms with Crippen molar-refractivity contribution in [3.63, 3.8) is 0 Å². The molecule has 0 aliphatic heterocycles. The lowest BCUT2D eigenvalue weighted by Crippen LogP contribution is -2.17. The Balaban J connectivity index is 0.000000705. The Morgan fingerprint density at radius 2 is 1.72 bits per heavy atom. The van der Waals surface area contributed by atoms with Gasteiger partial charge >= 0.3 is 12.2 Å². The van der Waals surface area contributed by atoms with Crippen LogP contribution >= 0.6 is 0 Å². The van der Waals surface area contributed by atoms with Crippen LogP contribution in [0.4, 0.5) is 15.3 Å². The van der Waals surface area contributed by atoms with Crippen molar-refractivity contribution in [3.05, 3.63) is 60.2 Å². The summed E-state index contributed by atoms with van der Waals surface area (Å²) in [7, 11) is 1.58. The van der Waals surface area contributed by atoms with Gasteiger partial charge in [0, 0.05) is 0 Å². The molecule has 25 heavy (non-hydrogen) atoms. The average Bonchev–Trinajstić information content (AvgIpc) is 2.61. The van der Waals surface area contributed by atoms with E-state index in [1.54, 1.807) is 31.4 Å². The standard InChI is InChI=1S/C15H15N3O3.CH3NO2/c1-20-14-9-7-13(8-10-14)16-18-17-15(19)21-11-12-5-3-2-4-6-12;2-1(3)4/h2-10H,11H2,1H3,(H,16,17,19);2H2,(H,3,4). The minimum absolute atomic E-state index is 0.185. The summed E-state index contributed by atoms with van der Waals surface area (Å²) in [4.78, 5) is 20.2. The monoisotopic (exact) mass is 346 g/mol. The van der Waals surface area contributed by atoms with Crippen LogP contribution in [0.1, 0.15) is 5.56 Å². The van der Waals surface area contributed by atoms with E-state index in [1.165, 1.54) is 0 Å². The highest BCUT2D eigenvalue weighted by Crippen LogP contribution is 2.17. The van der Waals surface area contributed by atoms with Crippen molar-refractivity contribution in [1.82, 2.24) is 5.43 Å². The van der Waals surface area contributed by atoms with Crippen molar-refractivity contribution in [2.45, 2.75) is 6.61 Å². The predicted octanol–water partition coefficient (Wildman–Crippen LogP) is 3.24. The van der Waals surface area contributed by atoms with E-state index in [0.717, 1.165) is 11.3 Å². The van der Waals surface area contributed by atoms with Crippen molar-refractivity contribution in [3.8, 4) is 5.75 Å². The number of hydrogen-bond donors (Lipinski definition) is 3. The number of methoxy groups -OCH3 is 1. The molecule has 0 atom stereocenters. The van der Waals surface area contributed by atoms with Crippen LogP contribution in [0.25, 0.3) is 0 Å². The molecule has 0 heterocycles. The van der Waals surface area contributed by atoms with Crippen LogP contribution in [0.5, 0.6) is 5.75 Å². The van der Waals surface area contributed by atoms with Crippen LogP contribution in [0.15, 0.2) is 64.9 Å². The summed E-state index contributed by atoms with van der Waals surface area (Å²) in [5, 5.41) is 14.6. The number of carbonyl (C=O) groups excluding carboxylic acids is 1. The molecular weight excluding hydrogens is 328 g/mol. The number of rotatable bonds is 5. The summed E-state index contributed by atoms with van der Waals surface area (Å²) in [5.74, 6) is 0.726. The Morgan fingerprint density at radius 1 is 1.12 bits per heavy atom. The number of hydrogen-bond acceptors (Lipinski definition) is 6. The Labute approximate surface area is 144 Å². The number of nitrogens with zero attached hydrogens (tertiary/aromatic N) is 2. The van der Waals surface area contributed by atoms with Gasteiger partial charge in [-0.1, -0.05) is 35.6 Å². The molecular formula is C16H18N4O5. The van der Waals surface area contributed by atoms with E-state index in [0.29, 0.717) is 5.69 Å². The maximum absolute atomic E-state index is 11.4. The van der Waals surface area contributed by atoms with Gasteiger partial charge in [0.2, 0.25) is 0 Å². The van der Waals surface area contributed by atoms with E-state index >= 15 is 0 Å². The topological polar surface area (TPSA) is 136 Å². The molecule has 9 heteroatoms. The first-order chi connectivity index (χ1) is 12.0. The van der Waals surface area contributed by atoms with E-state index < -0.39 is 12.2 Å². The molecule has 0 fully saturated rings. The molecule has 2 amide bonds. The first-order valence-corrected chi connectivity index (χ1v) is 7.01. The lowest BCUT2D eigenvalue weighted by atomic mass is 10.2. The van der Waals surface area contributed by atoms with Gasteiger partial charge in [-0.25, -0.2) is 9.59 Å². The lowest BCUT2D eigenvalue weighted by Gasteiger charge is -2.02. The first-order valence-electron chi connectivity index (χ1n) is 7.01. The van der Waals surface area contributed by atoms with Crippen LogP contribution in [-0.2, 0) is 11.3 Å². The Kier molecular flexibility index (Phi) is 8.55. The number of amides is 2. The highest BCUT2D eigenvalue weighted by Gasteiger charge is 2.00. The number of ether oxygens (including phenoxy) is 2. The number of nitrogens with two attached hydrogens (primary N) is 1. The number of carbonyl (C=O) groups is 2. The summed E-state index contributed by atoms with van der Waals surface area (Å²) < 4.78 is 10.0. The molecule has 0 aliphatic carbocycles. The van der Waals surface area contributed by atoms with E-state index in [-0.39, 0.29) is 6.61 Å². The van der Waals surface area contributed by atoms with Gasteiger partial charge in [-0.2, -0.15) is 5.43 Å². The largest absolute Gasteiger partial charge is 0.497 e. The fourth-order valence-electron chi connectivity index (χ4n) is 1.53. The first kappa shape index (κ1) is 19.4. The van der Waals surface area contributed by atoms with E-state index in [2.05, 4.69) is 21.5 Å². The zero-order valence-electron chi connectivity index (χ0n) is 13.5. The second-order valence-electron chi connectivity index (χ2n) is 4.41. The molecule has 0 saturated heterocycles. The van der Waals surface area contributed by atoms with Crippen molar-refractivity contribution in [2.24, 2.45) is 16.1 Å². The second-order valence-corrected chi connectivity index (χ2v) is 4.41. The van der Waals surface area contributed by atoms with Crippen LogP contribution in [0, 0.1) is 0 Å². The van der Waals surface area contributed by atoms with Gasteiger partial charge in [0.25, 0.3) is 0 Å². The molecule has 0 aromatic heterocycles. The van der Waals surface area contributed by atoms with Gasteiger partial charge in [-0.15, -0.1) is 5.11 Å². The summed E-state index contributed by atoms with van der Waals surface area (Å²) in [6, 6.07) is 16.3. The molecule has 0 radical (unpaired) electrons. The average molecular weight is 346 g/mol. The Bertz CT molecular complexity index is 685. The molecule has 2 rings (SSSR count). The van der Waals surface area contributed by atoms with Gasteiger partial charge in [-0.05, 0) is 29.8 Å². The normalized spacial score (nSPS) is 9.64. The Morgan fingerprint density at radius 3 is 2.28 bits per heavy atom. The van der Waals surface area contributed by atoms with E-state index in [1.807, 2.05) is 30.3 Å². The highest BCUT2D eigenvalue weighted by atomic mass is 16.6. The molecule has 4 N–H and O–H groups in total. The minimum atomic E-state index is -1.33. The zero-order chi connectivity index (χ0) is 18.5. The quantitative estimate of drug-likeness (QED) is 0.564. The second kappa shape index (κ2) is 11.0. The number of carboxylic acid groups (broad SMARTS) is 1. The molecule has 132 valence electrons. The third kappa shape index (κ3) is 9.18. The van der Waals surface area contributed by atoms with Gasteiger partial charge in [-0.3, -0.25) is 0 Å². The molecule has 2 aromatic carbocycles. The van der Waals surface area contributed by atoms with Crippen molar-refractivity contribution in [1.29, 1.82) is 0 Å². The molecule has 0 aliphatic rings. The van der Waals surface area contributed by atoms with Crippen LogP contribution in [0.2, 0.25) is 0 Å². The van der Waals surface area contributed by atoms with Crippen LogP contribution in [0.3, 0.4) is 0 Å². The third-order valence-corrected chi connectivity index (χ3v) is 2.59. The third-order valence-electron chi connectivity index (χ3n) is 2.59. The van der Waals surface area contributed by atoms with E-state index in [9.17, 15) is 4.79 Å². The van der Waals surface area contributed by atoms with E-state index in [4.69, 9.17) is 19.4 Å². The van der Waals surface area contributed by atoms with Crippen LogP contribution < -0.4 is 15.9 Å². The van der Waals surface area contributed by atoms with Gasteiger partial charge in [0.15, 0.2) is 0 Å². The summed E-state index contributed by atoms with van der Waals surface area (Å²) >= 11 is 0. The number of nitrogens with one attached hydrogen (secondary N) is 1. The molecule has 0 bridgehead atoms. The predicted molar refractivity (Wildman–Crippen MR) is 89.5 cm³/mol. The molecule has 2 aromatic rings. The Hall–Kier alpha value is -3.62. The molecule has 0 saturated carbocycles. The zero-order valence-corrected chi connectivity index (χ0v) is 13.5.